The Balaban J connectivity index is 2.14. The first-order valence-corrected chi connectivity index (χ1v) is 5.76. The van der Waals surface area contributed by atoms with Gasteiger partial charge in [-0.1, -0.05) is 6.07 Å². The third kappa shape index (κ3) is 3.22. The SMILES string of the molecule is Cc1cccc(CC(=O)c2ccc([N+](=O)[O-])cc2)n1. The van der Waals surface area contributed by atoms with Gasteiger partial charge in [-0.05, 0) is 31.2 Å². The van der Waals surface area contributed by atoms with Gasteiger partial charge < -0.3 is 0 Å². The van der Waals surface area contributed by atoms with Gasteiger partial charge >= 0.3 is 0 Å². The number of Topliss-reactive ketones (excluding diaryl/α,β-unsaturated/α-hetero) is 1. The molecule has 0 unspecified atom stereocenters. The summed E-state index contributed by atoms with van der Waals surface area (Å²) in [5, 5.41) is 10.5. The minimum absolute atomic E-state index is 0.0229. The van der Waals surface area contributed by atoms with Crippen LogP contribution in [0.4, 0.5) is 5.69 Å². The van der Waals surface area contributed by atoms with Gasteiger partial charge in [0.15, 0.2) is 5.78 Å². The number of carbonyl (C=O) groups excluding carboxylic acids is 1. The van der Waals surface area contributed by atoms with Crippen molar-refractivity contribution in [3.63, 3.8) is 0 Å². The summed E-state index contributed by atoms with van der Waals surface area (Å²) < 4.78 is 0. The zero-order valence-electron chi connectivity index (χ0n) is 10.4. The summed E-state index contributed by atoms with van der Waals surface area (Å²) in [6.45, 7) is 1.86. The van der Waals surface area contributed by atoms with Crippen molar-refractivity contribution >= 4 is 11.5 Å². The molecule has 19 heavy (non-hydrogen) atoms. The number of benzene rings is 1. The van der Waals surface area contributed by atoms with Crippen molar-refractivity contribution in [3.8, 4) is 0 Å². The summed E-state index contributed by atoms with van der Waals surface area (Å²) in [5.41, 5.74) is 1.98. The fourth-order valence-corrected chi connectivity index (χ4v) is 1.73. The second-order valence-electron chi connectivity index (χ2n) is 4.17. The molecule has 0 aliphatic heterocycles. The number of pyridine rings is 1. The summed E-state index contributed by atoms with van der Waals surface area (Å²) in [7, 11) is 0. The number of non-ortho nitro benzene ring substituents is 1. The van der Waals surface area contributed by atoms with Crippen LogP contribution in [-0.2, 0) is 6.42 Å². The van der Waals surface area contributed by atoms with E-state index in [1.54, 1.807) is 6.07 Å². The molecule has 5 nitrogen and oxygen atoms in total. The summed E-state index contributed by atoms with van der Waals surface area (Å²) >= 11 is 0. The van der Waals surface area contributed by atoms with E-state index in [1.807, 2.05) is 19.1 Å². The van der Waals surface area contributed by atoms with Gasteiger partial charge in [-0.25, -0.2) is 0 Å². The lowest BCUT2D eigenvalue weighted by molar-refractivity contribution is -0.384. The van der Waals surface area contributed by atoms with Gasteiger partial charge in [0.25, 0.3) is 5.69 Å². The van der Waals surface area contributed by atoms with Crippen molar-refractivity contribution in [2.24, 2.45) is 0 Å². The zero-order chi connectivity index (χ0) is 13.8. The van der Waals surface area contributed by atoms with Gasteiger partial charge in [0.1, 0.15) is 0 Å². The number of aryl methyl sites for hydroxylation is 1. The number of aromatic nitrogens is 1. The summed E-state index contributed by atoms with van der Waals surface area (Å²) in [6, 6.07) is 11.1. The van der Waals surface area contributed by atoms with Crippen LogP contribution in [0.25, 0.3) is 0 Å². The molecule has 0 saturated carbocycles. The van der Waals surface area contributed by atoms with Gasteiger partial charge in [0, 0.05) is 29.1 Å². The van der Waals surface area contributed by atoms with Crippen LogP contribution in [0.15, 0.2) is 42.5 Å². The van der Waals surface area contributed by atoms with Crippen LogP contribution in [0.3, 0.4) is 0 Å². The van der Waals surface area contributed by atoms with Crippen molar-refractivity contribution in [2.75, 3.05) is 0 Å². The first kappa shape index (κ1) is 12.9. The lowest BCUT2D eigenvalue weighted by Crippen LogP contribution is -2.05. The predicted octanol–water partition coefficient (Wildman–Crippen LogP) is 2.72. The Morgan fingerprint density at radius 3 is 2.47 bits per heavy atom. The molecule has 0 saturated heterocycles. The molecule has 96 valence electrons. The van der Waals surface area contributed by atoms with Crippen LogP contribution in [0, 0.1) is 17.0 Å². The third-order valence-corrected chi connectivity index (χ3v) is 2.69. The van der Waals surface area contributed by atoms with Gasteiger partial charge in [-0.2, -0.15) is 0 Å². The molecule has 0 N–H and O–H groups in total. The molecule has 2 rings (SSSR count). The molecule has 1 aromatic heterocycles. The molecule has 0 atom stereocenters. The van der Waals surface area contributed by atoms with E-state index in [0.29, 0.717) is 11.3 Å². The molecular weight excluding hydrogens is 244 g/mol. The molecule has 5 heteroatoms. The Labute approximate surface area is 110 Å². The summed E-state index contributed by atoms with van der Waals surface area (Å²) in [5.74, 6) is -0.104. The van der Waals surface area contributed by atoms with E-state index < -0.39 is 4.92 Å². The third-order valence-electron chi connectivity index (χ3n) is 2.69. The number of hydrogen-bond acceptors (Lipinski definition) is 4. The largest absolute Gasteiger partial charge is 0.294 e. The standard InChI is InChI=1S/C14H12N2O3/c1-10-3-2-4-12(15-10)9-14(17)11-5-7-13(8-6-11)16(18)19/h2-8H,9H2,1H3. The monoisotopic (exact) mass is 256 g/mol. The topological polar surface area (TPSA) is 73.1 Å². The Morgan fingerprint density at radius 1 is 1.21 bits per heavy atom. The highest BCUT2D eigenvalue weighted by molar-refractivity contribution is 5.97. The van der Waals surface area contributed by atoms with Gasteiger partial charge in [0.2, 0.25) is 0 Å². The van der Waals surface area contributed by atoms with Crippen molar-refractivity contribution in [1.82, 2.24) is 4.98 Å². The fourth-order valence-electron chi connectivity index (χ4n) is 1.73. The second kappa shape index (κ2) is 5.39. The van der Waals surface area contributed by atoms with Gasteiger partial charge in [0.05, 0.1) is 11.3 Å². The van der Waals surface area contributed by atoms with Crippen LogP contribution in [0.2, 0.25) is 0 Å². The molecule has 0 bridgehead atoms. The van der Waals surface area contributed by atoms with Crippen LogP contribution >= 0.6 is 0 Å². The number of nitrogens with zero attached hydrogens (tertiary/aromatic N) is 2. The quantitative estimate of drug-likeness (QED) is 0.479. The maximum absolute atomic E-state index is 12.0. The normalized spacial score (nSPS) is 10.2. The zero-order valence-corrected chi connectivity index (χ0v) is 10.4. The van der Waals surface area contributed by atoms with Crippen LogP contribution in [-0.4, -0.2) is 15.7 Å². The molecule has 0 aliphatic carbocycles. The average molecular weight is 256 g/mol. The first-order valence-electron chi connectivity index (χ1n) is 5.76. The Morgan fingerprint density at radius 2 is 1.89 bits per heavy atom. The smallest absolute Gasteiger partial charge is 0.269 e. The minimum atomic E-state index is -0.490. The number of nitro benzene ring substituents is 1. The van der Waals surface area contributed by atoms with Crippen LogP contribution in [0.5, 0.6) is 0 Å². The van der Waals surface area contributed by atoms with E-state index in [0.717, 1.165) is 5.69 Å². The highest BCUT2D eigenvalue weighted by atomic mass is 16.6. The van der Waals surface area contributed by atoms with E-state index >= 15 is 0 Å². The van der Waals surface area contributed by atoms with Crippen LogP contribution in [0.1, 0.15) is 21.7 Å². The van der Waals surface area contributed by atoms with Gasteiger partial charge in [-0.3, -0.25) is 19.9 Å². The molecule has 2 aromatic rings. The average Bonchev–Trinajstić information content (AvgIpc) is 2.39. The van der Waals surface area contributed by atoms with Crippen molar-refractivity contribution < 1.29 is 9.72 Å². The lowest BCUT2D eigenvalue weighted by atomic mass is 10.1. The maximum atomic E-state index is 12.0. The van der Waals surface area contributed by atoms with E-state index in [2.05, 4.69) is 4.98 Å². The second-order valence-corrected chi connectivity index (χ2v) is 4.17. The Kier molecular flexibility index (Phi) is 3.66. The number of ketones is 1. The Bertz CT molecular complexity index is 621. The van der Waals surface area contributed by atoms with E-state index in [-0.39, 0.29) is 17.9 Å². The number of hydrogen-bond donors (Lipinski definition) is 0. The first-order chi connectivity index (χ1) is 9.06. The molecule has 0 fully saturated rings. The summed E-state index contributed by atoms with van der Waals surface area (Å²) in [6.07, 6.45) is 0.194. The fraction of sp³-hybridized carbons (Fsp3) is 0.143. The summed E-state index contributed by atoms with van der Waals surface area (Å²) in [4.78, 5) is 26.3. The molecule has 1 heterocycles. The predicted molar refractivity (Wildman–Crippen MR) is 70.1 cm³/mol. The highest BCUT2D eigenvalue weighted by Crippen LogP contribution is 2.13. The Hall–Kier alpha value is -2.56. The molecular formula is C14H12N2O3. The number of carbonyl (C=O) groups is 1. The van der Waals surface area contributed by atoms with E-state index in [1.165, 1.54) is 24.3 Å². The van der Waals surface area contributed by atoms with Crippen molar-refractivity contribution in [3.05, 3.63) is 69.5 Å². The van der Waals surface area contributed by atoms with E-state index in [9.17, 15) is 14.9 Å². The minimum Gasteiger partial charge on any atom is -0.294 e. The molecule has 0 radical (unpaired) electrons. The molecule has 0 spiro atoms. The van der Waals surface area contributed by atoms with Crippen molar-refractivity contribution in [1.29, 1.82) is 0 Å². The highest BCUT2D eigenvalue weighted by Gasteiger charge is 2.10. The molecule has 0 aliphatic rings. The van der Waals surface area contributed by atoms with E-state index in [4.69, 9.17) is 0 Å². The number of rotatable bonds is 4. The number of nitro groups is 1. The van der Waals surface area contributed by atoms with Gasteiger partial charge in [-0.15, -0.1) is 0 Å². The molecule has 0 amide bonds. The maximum Gasteiger partial charge on any atom is 0.269 e. The van der Waals surface area contributed by atoms with Crippen molar-refractivity contribution in [2.45, 2.75) is 13.3 Å². The lowest BCUT2D eigenvalue weighted by Gasteiger charge is -2.02. The molecule has 1 aromatic carbocycles. The van der Waals surface area contributed by atoms with Crippen LogP contribution < -0.4 is 0 Å².